The van der Waals surface area contributed by atoms with Crippen molar-refractivity contribution in [2.45, 2.75) is 32.6 Å². The topological polar surface area (TPSA) is 38.9 Å². The maximum atomic E-state index is 5.48. The lowest BCUT2D eigenvalue weighted by atomic mass is 10.2. The van der Waals surface area contributed by atoms with Gasteiger partial charge in [0.2, 0.25) is 0 Å². The summed E-state index contributed by atoms with van der Waals surface area (Å²) in [5.74, 6) is 0. The molecular weight excluding hydrogens is 216 g/mol. The molecule has 16 heavy (non-hydrogen) atoms. The van der Waals surface area contributed by atoms with Crippen LogP contribution >= 0.6 is 11.3 Å². The average molecular weight is 234 g/mol. The van der Waals surface area contributed by atoms with Gasteiger partial charge < -0.3 is 5.73 Å². The Hall–Kier alpha value is -0.930. The summed E-state index contributed by atoms with van der Waals surface area (Å²) in [6.45, 7) is 2.93. The van der Waals surface area contributed by atoms with Crippen molar-refractivity contribution in [3.63, 3.8) is 0 Å². The molecule has 1 heterocycles. The number of fused-ring (bicyclic) bond motifs is 1. The molecule has 0 radical (unpaired) electrons. The van der Waals surface area contributed by atoms with Crippen LogP contribution in [0.3, 0.4) is 0 Å². The van der Waals surface area contributed by atoms with Gasteiger partial charge in [0.25, 0.3) is 0 Å². The first-order valence-electron chi connectivity index (χ1n) is 5.86. The van der Waals surface area contributed by atoms with Crippen LogP contribution in [0.2, 0.25) is 0 Å². The number of hydrogen-bond acceptors (Lipinski definition) is 3. The molecule has 2 nitrogen and oxygen atoms in total. The number of hydrogen-bond donors (Lipinski definition) is 1. The quantitative estimate of drug-likeness (QED) is 0.806. The van der Waals surface area contributed by atoms with Crippen molar-refractivity contribution in [1.82, 2.24) is 4.98 Å². The van der Waals surface area contributed by atoms with Crippen LogP contribution in [0.25, 0.3) is 10.2 Å². The van der Waals surface area contributed by atoms with Gasteiger partial charge in [-0.15, -0.1) is 11.3 Å². The van der Waals surface area contributed by atoms with Crippen LogP contribution < -0.4 is 5.73 Å². The van der Waals surface area contributed by atoms with Gasteiger partial charge in [-0.2, -0.15) is 0 Å². The molecule has 2 aromatic rings. The first kappa shape index (κ1) is 11.6. The first-order valence-corrected chi connectivity index (χ1v) is 6.68. The fourth-order valence-corrected chi connectivity index (χ4v) is 2.92. The monoisotopic (exact) mass is 234 g/mol. The fraction of sp³-hybridized carbons (Fsp3) is 0.462. The SMILES string of the molecule is Cc1cccc2sc(CCCCCN)nc12. The highest BCUT2D eigenvalue weighted by atomic mass is 32.1. The van der Waals surface area contributed by atoms with Crippen LogP contribution in [0.4, 0.5) is 0 Å². The summed E-state index contributed by atoms with van der Waals surface area (Å²) in [4.78, 5) is 4.70. The van der Waals surface area contributed by atoms with E-state index < -0.39 is 0 Å². The number of rotatable bonds is 5. The molecule has 2 N–H and O–H groups in total. The molecule has 0 aliphatic carbocycles. The second-order valence-electron chi connectivity index (χ2n) is 4.13. The van der Waals surface area contributed by atoms with Crippen molar-refractivity contribution in [3.05, 3.63) is 28.8 Å². The zero-order chi connectivity index (χ0) is 11.4. The predicted octanol–water partition coefficient (Wildman–Crippen LogP) is 3.28. The Bertz CT molecular complexity index is 462. The Morgan fingerprint density at radius 2 is 2.12 bits per heavy atom. The van der Waals surface area contributed by atoms with Gasteiger partial charge in [-0.3, -0.25) is 0 Å². The predicted molar refractivity (Wildman–Crippen MR) is 71.0 cm³/mol. The summed E-state index contributed by atoms with van der Waals surface area (Å²) in [6, 6.07) is 6.39. The summed E-state index contributed by atoms with van der Waals surface area (Å²) < 4.78 is 1.31. The Balaban J connectivity index is 2.05. The molecule has 86 valence electrons. The van der Waals surface area contributed by atoms with Gasteiger partial charge in [-0.1, -0.05) is 18.6 Å². The van der Waals surface area contributed by atoms with Crippen molar-refractivity contribution in [2.75, 3.05) is 6.54 Å². The number of para-hydroxylation sites is 1. The molecule has 0 bridgehead atoms. The van der Waals surface area contributed by atoms with E-state index in [1.54, 1.807) is 0 Å². The number of nitrogens with zero attached hydrogens (tertiary/aromatic N) is 1. The number of thiazole rings is 1. The van der Waals surface area contributed by atoms with Crippen LogP contribution in [-0.2, 0) is 6.42 Å². The lowest BCUT2D eigenvalue weighted by Gasteiger charge is -1.95. The summed E-state index contributed by atoms with van der Waals surface area (Å²) in [5, 5.41) is 1.27. The summed E-state index contributed by atoms with van der Waals surface area (Å²) in [6.07, 6.45) is 4.64. The van der Waals surface area contributed by atoms with Crippen molar-refractivity contribution in [1.29, 1.82) is 0 Å². The van der Waals surface area contributed by atoms with E-state index in [-0.39, 0.29) is 0 Å². The van der Waals surface area contributed by atoms with Crippen LogP contribution in [0.5, 0.6) is 0 Å². The van der Waals surface area contributed by atoms with Gasteiger partial charge in [0.15, 0.2) is 0 Å². The normalized spacial score (nSPS) is 11.1. The molecule has 1 aromatic heterocycles. The van der Waals surface area contributed by atoms with E-state index in [2.05, 4.69) is 25.1 Å². The van der Waals surface area contributed by atoms with E-state index in [0.717, 1.165) is 19.4 Å². The van der Waals surface area contributed by atoms with Crippen LogP contribution in [-0.4, -0.2) is 11.5 Å². The largest absolute Gasteiger partial charge is 0.330 e. The smallest absolute Gasteiger partial charge is 0.0938 e. The highest BCUT2D eigenvalue weighted by Crippen LogP contribution is 2.25. The maximum Gasteiger partial charge on any atom is 0.0938 e. The number of aromatic nitrogens is 1. The number of aryl methyl sites for hydroxylation is 2. The van der Waals surface area contributed by atoms with Crippen molar-refractivity contribution < 1.29 is 0 Å². The third-order valence-corrected chi connectivity index (χ3v) is 3.84. The van der Waals surface area contributed by atoms with E-state index >= 15 is 0 Å². The minimum absolute atomic E-state index is 0.805. The molecule has 2 rings (SSSR count). The molecule has 0 unspecified atom stereocenters. The van der Waals surface area contributed by atoms with E-state index in [0.29, 0.717) is 0 Å². The molecule has 0 fully saturated rings. The van der Waals surface area contributed by atoms with Gasteiger partial charge in [0.05, 0.1) is 15.2 Å². The van der Waals surface area contributed by atoms with E-state index in [9.17, 15) is 0 Å². The molecule has 0 saturated carbocycles. The first-order chi connectivity index (χ1) is 7.81. The lowest BCUT2D eigenvalue weighted by Crippen LogP contribution is -1.98. The molecular formula is C13H18N2S. The number of nitrogens with two attached hydrogens (primary N) is 1. The average Bonchev–Trinajstić information content (AvgIpc) is 2.69. The van der Waals surface area contributed by atoms with Gasteiger partial charge in [0, 0.05) is 0 Å². The summed E-state index contributed by atoms with van der Waals surface area (Å²) >= 11 is 1.83. The molecule has 0 spiro atoms. The highest BCUT2D eigenvalue weighted by Gasteiger charge is 2.04. The summed E-state index contributed by atoms with van der Waals surface area (Å²) in [7, 11) is 0. The van der Waals surface area contributed by atoms with E-state index in [1.165, 1.54) is 33.6 Å². The third-order valence-electron chi connectivity index (χ3n) is 2.76. The second-order valence-corrected chi connectivity index (χ2v) is 5.24. The van der Waals surface area contributed by atoms with Gasteiger partial charge in [0.1, 0.15) is 0 Å². The zero-order valence-electron chi connectivity index (χ0n) is 9.70. The van der Waals surface area contributed by atoms with Gasteiger partial charge >= 0.3 is 0 Å². The Morgan fingerprint density at radius 3 is 2.88 bits per heavy atom. The van der Waals surface area contributed by atoms with E-state index in [4.69, 9.17) is 10.7 Å². The van der Waals surface area contributed by atoms with Gasteiger partial charge in [-0.05, 0) is 44.4 Å². The maximum absolute atomic E-state index is 5.48. The number of unbranched alkanes of at least 4 members (excludes halogenated alkanes) is 2. The van der Waals surface area contributed by atoms with Crippen LogP contribution in [0, 0.1) is 6.92 Å². The molecule has 1 aromatic carbocycles. The molecule has 3 heteroatoms. The van der Waals surface area contributed by atoms with Crippen molar-refractivity contribution >= 4 is 21.6 Å². The standard InChI is InChI=1S/C13H18N2S/c1-10-6-5-7-11-13(10)15-12(16-11)8-3-2-4-9-14/h5-7H,2-4,8-9,14H2,1H3. The van der Waals surface area contributed by atoms with Crippen molar-refractivity contribution in [3.8, 4) is 0 Å². The van der Waals surface area contributed by atoms with E-state index in [1.807, 2.05) is 11.3 Å². The van der Waals surface area contributed by atoms with Gasteiger partial charge in [-0.25, -0.2) is 4.98 Å². The number of benzene rings is 1. The van der Waals surface area contributed by atoms with Crippen LogP contribution in [0.15, 0.2) is 18.2 Å². The molecule has 0 atom stereocenters. The minimum atomic E-state index is 0.805. The fourth-order valence-electron chi connectivity index (χ4n) is 1.84. The third kappa shape index (κ3) is 2.60. The molecule has 0 amide bonds. The molecule has 0 saturated heterocycles. The summed E-state index contributed by atoms with van der Waals surface area (Å²) in [5.41, 5.74) is 7.94. The Kier molecular flexibility index (Phi) is 3.91. The lowest BCUT2D eigenvalue weighted by molar-refractivity contribution is 0.685. The highest BCUT2D eigenvalue weighted by molar-refractivity contribution is 7.18. The second kappa shape index (κ2) is 5.41. The van der Waals surface area contributed by atoms with Crippen molar-refractivity contribution in [2.24, 2.45) is 5.73 Å². The molecule has 0 aliphatic heterocycles. The Morgan fingerprint density at radius 1 is 1.25 bits per heavy atom. The van der Waals surface area contributed by atoms with Crippen LogP contribution in [0.1, 0.15) is 29.8 Å². The zero-order valence-corrected chi connectivity index (χ0v) is 10.5. The Labute approximate surface area is 101 Å². The molecule has 0 aliphatic rings. The minimum Gasteiger partial charge on any atom is -0.330 e.